The highest BCUT2D eigenvalue weighted by Crippen LogP contribution is 2.51. The molecule has 0 saturated carbocycles. The van der Waals surface area contributed by atoms with Crippen LogP contribution < -0.4 is 10.6 Å². The molecule has 2 aromatic rings. The minimum Gasteiger partial charge on any atom is -0.362 e. The number of amides is 1. The van der Waals surface area contributed by atoms with Gasteiger partial charge in [0.1, 0.15) is 0 Å². The first kappa shape index (κ1) is 21.6. The van der Waals surface area contributed by atoms with E-state index in [0.717, 1.165) is 52.1 Å². The monoisotopic (exact) mass is 444 g/mol. The molecule has 1 aromatic carbocycles. The molecule has 0 fully saturated rings. The molecule has 1 unspecified atom stereocenters. The molecule has 7 nitrogen and oxygen atoms in total. The van der Waals surface area contributed by atoms with E-state index in [1.165, 1.54) is 0 Å². The lowest BCUT2D eigenvalue weighted by molar-refractivity contribution is -0.120. The molecule has 1 aromatic heterocycles. The van der Waals surface area contributed by atoms with Crippen LogP contribution in [-0.4, -0.2) is 27.4 Å². The van der Waals surface area contributed by atoms with E-state index in [9.17, 15) is 4.79 Å². The molecule has 0 bridgehead atoms. The highest BCUT2D eigenvalue weighted by Gasteiger charge is 2.53. The second kappa shape index (κ2) is 7.40. The number of aromatic nitrogens is 2. The third-order valence-electron chi connectivity index (χ3n) is 7.10. The lowest BCUT2D eigenvalue weighted by Gasteiger charge is -2.48. The van der Waals surface area contributed by atoms with Crippen LogP contribution >= 0.6 is 0 Å². The topological polar surface area (TPSA) is 83.7 Å². The average molecular weight is 445 g/mol. The molecule has 0 spiro atoms. The molecule has 4 heterocycles. The van der Waals surface area contributed by atoms with Crippen molar-refractivity contribution in [2.24, 2.45) is 17.3 Å². The smallest absolute Gasteiger partial charge is 0.250 e. The normalized spacial score (nSPS) is 25.5. The Hall–Kier alpha value is -3.22. The lowest BCUT2D eigenvalue weighted by Crippen LogP contribution is -2.58. The number of azo groups is 1. The Morgan fingerprint density at radius 2 is 2.06 bits per heavy atom. The number of carbonyl (C=O) groups is 1. The molecule has 3 aliphatic rings. The molecule has 2 N–H and O–H groups in total. The number of nitrogens with one attached hydrogen (secondary N) is 2. The molecule has 2 atom stereocenters. The van der Waals surface area contributed by atoms with Crippen LogP contribution in [0.2, 0.25) is 0 Å². The Morgan fingerprint density at radius 1 is 1.27 bits per heavy atom. The molecule has 1 amide bonds. The average Bonchev–Trinajstić information content (AvgIpc) is 3.38. The quantitative estimate of drug-likeness (QED) is 0.718. The summed E-state index contributed by atoms with van der Waals surface area (Å²) in [6.45, 7) is 10.6. The molecule has 0 saturated heterocycles. The number of nitrogens with zero attached hydrogens (tertiary/aromatic N) is 4. The van der Waals surface area contributed by atoms with Crippen molar-refractivity contribution in [1.82, 2.24) is 20.4 Å². The van der Waals surface area contributed by atoms with Crippen LogP contribution in [0.25, 0.3) is 11.1 Å². The predicted molar refractivity (Wildman–Crippen MR) is 128 cm³/mol. The van der Waals surface area contributed by atoms with Gasteiger partial charge < -0.3 is 10.6 Å². The van der Waals surface area contributed by atoms with E-state index in [2.05, 4.69) is 85.9 Å². The molecular formula is C26H32N6O. The third kappa shape index (κ3) is 3.24. The van der Waals surface area contributed by atoms with Gasteiger partial charge in [0, 0.05) is 42.0 Å². The summed E-state index contributed by atoms with van der Waals surface area (Å²) in [5, 5.41) is 20.2. The second-order valence-corrected chi connectivity index (χ2v) is 10.3. The minimum atomic E-state index is -0.592. The van der Waals surface area contributed by atoms with Crippen LogP contribution in [-0.2, 0) is 17.3 Å². The first-order valence-corrected chi connectivity index (χ1v) is 11.7. The van der Waals surface area contributed by atoms with Crippen LogP contribution in [0.5, 0.6) is 0 Å². The summed E-state index contributed by atoms with van der Waals surface area (Å²) in [6.07, 6.45) is 5.16. The van der Waals surface area contributed by atoms with E-state index < -0.39 is 5.41 Å². The van der Waals surface area contributed by atoms with E-state index in [0.29, 0.717) is 5.92 Å². The van der Waals surface area contributed by atoms with Crippen molar-refractivity contribution in [3.63, 3.8) is 0 Å². The summed E-state index contributed by atoms with van der Waals surface area (Å²) in [5.41, 5.74) is 6.30. The fourth-order valence-corrected chi connectivity index (χ4v) is 5.71. The van der Waals surface area contributed by atoms with Gasteiger partial charge in [-0.2, -0.15) is 15.3 Å². The number of benzene rings is 1. The zero-order valence-electron chi connectivity index (χ0n) is 20.2. The van der Waals surface area contributed by atoms with Crippen molar-refractivity contribution in [3.05, 3.63) is 64.8 Å². The lowest BCUT2D eigenvalue weighted by atomic mass is 9.62. The first-order valence-electron chi connectivity index (χ1n) is 11.7. The molecule has 5 rings (SSSR count). The van der Waals surface area contributed by atoms with Crippen molar-refractivity contribution < 1.29 is 4.79 Å². The van der Waals surface area contributed by atoms with Gasteiger partial charge in [0.05, 0.1) is 22.9 Å². The van der Waals surface area contributed by atoms with Gasteiger partial charge in [-0.15, -0.1) is 0 Å². The summed E-state index contributed by atoms with van der Waals surface area (Å²) in [7, 11) is 1.96. The molecular weight excluding hydrogens is 412 g/mol. The summed E-state index contributed by atoms with van der Waals surface area (Å²) in [4.78, 5) is 13.6. The van der Waals surface area contributed by atoms with Gasteiger partial charge in [-0.05, 0) is 43.4 Å². The minimum absolute atomic E-state index is 0.0171. The van der Waals surface area contributed by atoms with Crippen molar-refractivity contribution in [2.75, 3.05) is 0 Å². The molecule has 172 valence electrons. The third-order valence-corrected chi connectivity index (χ3v) is 7.10. The zero-order chi connectivity index (χ0) is 23.5. The Balaban J connectivity index is 1.73. The maximum absolute atomic E-state index is 13.6. The maximum Gasteiger partial charge on any atom is 0.250 e. The Bertz CT molecular complexity index is 1230. The van der Waals surface area contributed by atoms with Gasteiger partial charge in [-0.3, -0.25) is 9.48 Å². The van der Waals surface area contributed by atoms with Gasteiger partial charge in [-0.1, -0.05) is 39.0 Å². The summed E-state index contributed by atoms with van der Waals surface area (Å²) < 4.78 is 1.88. The Labute approximate surface area is 195 Å². The van der Waals surface area contributed by atoms with E-state index >= 15 is 0 Å². The predicted octanol–water partition coefficient (Wildman–Crippen LogP) is 4.69. The van der Waals surface area contributed by atoms with Gasteiger partial charge in [0.25, 0.3) is 5.91 Å². The number of hydrogen-bond donors (Lipinski definition) is 2. The molecule has 0 aliphatic carbocycles. The van der Waals surface area contributed by atoms with Crippen LogP contribution in [0.3, 0.4) is 0 Å². The van der Waals surface area contributed by atoms with E-state index in [4.69, 9.17) is 5.10 Å². The van der Waals surface area contributed by atoms with Gasteiger partial charge in [0.15, 0.2) is 6.17 Å². The fraction of sp³-hybridized carbons (Fsp3) is 0.462. The highest BCUT2D eigenvalue weighted by atomic mass is 16.2. The summed E-state index contributed by atoms with van der Waals surface area (Å²) in [5.74, 6) is 0.292. The maximum atomic E-state index is 13.6. The standard InChI is InChI=1S/C26H32N6O/c1-7-26(17-10-8-9-16(11-17)18-14-32(6)31-22(18)15(2)3)19-13-27-30-23(19)28-20-12-25(4,5)29-24(33)21(20)26/h8-11,13-15,23,28H,7,12H2,1-6H3,(H,29,33)/t23?,26-/m0/s1. The number of fused-ring (bicyclic) bond motifs is 1. The van der Waals surface area contributed by atoms with Gasteiger partial charge in [-0.25, -0.2) is 0 Å². The van der Waals surface area contributed by atoms with Gasteiger partial charge >= 0.3 is 0 Å². The molecule has 33 heavy (non-hydrogen) atoms. The van der Waals surface area contributed by atoms with E-state index in [1.807, 2.05) is 17.9 Å². The number of aryl methyl sites for hydroxylation is 1. The summed E-state index contributed by atoms with van der Waals surface area (Å²) in [6, 6.07) is 8.58. The first-order chi connectivity index (χ1) is 15.7. The molecule has 7 heteroatoms. The van der Waals surface area contributed by atoms with Crippen molar-refractivity contribution >= 4 is 5.91 Å². The van der Waals surface area contributed by atoms with Crippen LogP contribution in [0, 0.1) is 0 Å². The van der Waals surface area contributed by atoms with Crippen molar-refractivity contribution in [3.8, 4) is 11.1 Å². The van der Waals surface area contributed by atoms with E-state index in [-0.39, 0.29) is 17.6 Å². The molecule has 3 aliphatic heterocycles. The summed E-state index contributed by atoms with van der Waals surface area (Å²) >= 11 is 0. The Morgan fingerprint density at radius 3 is 2.79 bits per heavy atom. The van der Waals surface area contributed by atoms with Crippen LogP contribution in [0.4, 0.5) is 0 Å². The van der Waals surface area contributed by atoms with Crippen LogP contribution in [0.15, 0.2) is 63.7 Å². The number of hydrogen-bond acceptors (Lipinski definition) is 5. The van der Waals surface area contributed by atoms with Crippen molar-refractivity contribution in [2.45, 2.75) is 70.5 Å². The second-order valence-electron chi connectivity index (χ2n) is 10.3. The zero-order valence-corrected chi connectivity index (χ0v) is 20.2. The van der Waals surface area contributed by atoms with E-state index in [1.54, 1.807) is 0 Å². The number of carbonyl (C=O) groups excluding carboxylic acids is 1. The largest absolute Gasteiger partial charge is 0.362 e. The number of rotatable bonds is 4. The SMILES string of the molecule is CC[C@]1(c2cccc(-c3cn(C)nc3C(C)C)c2)C2=CN=NC2NC2=C1C(=O)NC(C)(C)C2. The Kier molecular flexibility index (Phi) is 4.85. The van der Waals surface area contributed by atoms with Gasteiger partial charge in [0.2, 0.25) is 0 Å². The highest BCUT2D eigenvalue weighted by molar-refractivity contribution is 6.00. The molecule has 0 radical (unpaired) electrons. The van der Waals surface area contributed by atoms with Crippen LogP contribution in [0.1, 0.15) is 64.6 Å². The fourth-order valence-electron chi connectivity index (χ4n) is 5.71. The van der Waals surface area contributed by atoms with Crippen molar-refractivity contribution in [1.29, 1.82) is 0 Å².